The van der Waals surface area contributed by atoms with E-state index < -0.39 is 17.9 Å². The second kappa shape index (κ2) is 8.56. The zero-order chi connectivity index (χ0) is 20.0. The van der Waals surface area contributed by atoms with Crippen molar-refractivity contribution >= 4 is 29.3 Å². The molecule has 0 bridgehead atoms. The molecule has 9 nitrogen and oxygen atoms in total. The summed E-state index contributed by atoms with van der Waals surface area (Å²) in [7, 11) is 2.41. The molecule has 9 heteroatoms. The van der Waals surface area contributed by atoms with Gasteiger partial charge in [0.05, 0.1) is 43.1 Å². The maximum atomic E-state index is 11.8. The van der Waals surface area contributed by atoms with Crippen molar-refractivity contribution in [1.82, 2.24) is 0 Å². The molecule has 140 valence electrons. The molecule has 0 spiro atoms. The number of aromatic hydroxyl groups is 1. The summed E-state index contributed by atoms with van der Waals surface area (Å²) in [5, 5.41) is 26.4. The van der Waals surface area contributed by atoms with Gasteiger partial charge in [-0.2, -0.15) is 10.2 Å². The van der Waals surface area contributed by atoms with Crippen LogP contribution in [-0.2, 0) is 20.7 Å². The van der Waals surface area contributed by atoms with Crippen LogP contribution in [0.5, 0.6) is 5.75 Å². The van der Waals surface area contributed by atoms with Gasteiger partial charge >= 0.3 is 17.9 Å². The summed E-state index contributed by atoms with van der Waals surface area (Å²) in [5.74, 6) is -2.60. The molecule has 2 rings (SSSR count). The summed E-state index contributed by atoms with van der Waals surface area (Å²) in [6.45, 7) is 0. The molecule has 0 aromatic heterocycles. The first-order valence-corrected chi connectivity index (χ1v) is 7.61. The fourth-order valence-corrected chi connectivity index (χ4v) is 2.19. The number of phenols is 1. The fraction of sp³-hybridized carbons (Fsp3) is 0.167. The number of benzene rings is 2. The number of hydrogen-bond donors (Lipinski definition) is 2. The fourth-order valence-electron chi connectivity index (χ4n) is 2.19. The molecule has 2 aromatic rings. The molecule has 0 heterocycles. The molecule has 0 unspecified atom stereocenters. The Labute approximate surface area is 153 Å². The van der Waals surface area contributed by atoms with Gasteiger partial charge in [0.25, 0.3) is 0 Å². The van der Waals surface area contributed by atoms with Crippen LogP contribution in [0.2, 0.25) is 0 Å². The van der Waals surface area contributed by atoms with Gasteiger partial charge in [-0.25, -0.2) is 9.59 Å². The van der Waals surface area contributed by atoms with Crippen LogP contribution < -0.4 is 0 Å². The molecular formula is C18H16N2O7. The molecule has 27 heavy (non-hydrogen) atoms. The highest BCUT2D eigenvalue weighted by Gasteiger charge is 2.14. The lowest BCUT2D eigenvalue weighted by Crippen LogP contribution is -2.06. The molecule has 2 aromatic carbocycles. The van der Waals surface area contributed by atoms with Crippen molar-refractivity contribution in [1.29, 1.82) is 0 Å². The Morgan fingerprint density at radius 1 is 0.889 bits per heavy atom. The number of ether oxygens (including phenoxy) is 2. The Morgan fingerprint density at radius 2 is 1.44 bits per heavy atom. The van der Waals surface area contributed by atoms with Crippen LogP contribution in [0, 0.1) is 0 Å². The Kier molecular flexibility index (Phi) is 6.21. The first-order chi connectivity index (χ1) is 12.8. The van der Waals surface area contributed by atoms with Gasteiger partial charge in [-0.1, -0.05) is 0 Å². The summed E-state index contributed by atoms with van der Waals surface area (Å²) in [5.41, 5.74) is 0.828. The number of hydrogen-bond acceptors (Lipinski definition) is 8. The number of nitrogens with zero attached hydrogens (tertiary/aromatic N) is 2. The highest BCUT2D eigenvalue weighted by molar-refractivity contribution is 5.96. The van der Waals surface area contributed by atoms with Crippen LogP contribution in [0.1, 0.15) is 26.3 Å². The van der Waals surface area contributed by atoms with E-state index in [-0.39, 0.29) is 40.2 Å². The Hall–Kier alpha value is -3.75. The summed E-state index contributed by atoms with van der Waals surface area (Å²) < 4.78 is 9.28. The molecule has 0 saturated carbocycles. The highest BCUT2D eigenvalue weighted by atomic mass is 16.5. The smallest absolute Gasteiger partial charge is 0.337 e. The first kappa shape index (κ1) is 19.6. The van der Waals surface area contributed by atoms with Gasteiger partial charge in [-0.3, -0.25) is 4.79 Å². The third kappa shape index (κ3) is 5.11. The van der Waals surface area contributed by atoms with Gasteiger partial charge in [-0.05, 0) is 36.4 Å². The number of carboxylic acids is 1. The highest BCUT2D eigenvalue weighted by Crippen LogP contribution is 2.26. The van der Waals surface area contributed by atoms with E-state index in [0.29, 0.717) is 0 Å². The van der Waals surface area contributed by atoms with Gasteiger partial charge in [-0.15, -0.1) is 0 Å². The number of carboxylic acid groups (broad SMARTS) is 1. The number of carbonyl (C=O) groups is 3. The minimum absolute atomic E-state index is 0.0895. The minimum Gasteiger partial charge on any atom is -0.508 e. The molecular weight excluding hydrogens is 356 g/mol. The summed E-state index contributed by atoms with van der Waals surface area (Å²) >= 11 is 0. The molecule has 2 N–H and O–H groups in total. The molecule has 0 aliphatic rings. The van der Waals surface area contributed by atoms with Crippen LogP contribution in [0.15, 0.2) is 46.6 Å². The Bertz CT molecular complexity index is 888. The predicted octanol–water partition coefficient (Wildman–Crippen LogP) is 3.01. The van der Waals surface area contributed by atoms with E-state index in [1.807, 2.05) is 0 Å². The number of rotatable bonds is 6. The van der Waals surface area contributed by atoms with E-state index in [4.69, 9.17) is 5.11 Å². The monoisotopic (exact) mass is 372 g/mol. The van der Waals surface area contributed by atoms with Gasteiger partial charge in [0.15, 0.2) is 0 Å². The number of aliphatic carboxylic acids is 1. The lowest BCUT2D eigenvalue weighted by Gasteiger charge is -2.05. The topological polar surface area (TPSA) is 135 Å². The summed E-state index contributed by atoms with van der Waals surface area (Å²) in [6, 6.07) is 8.17. The predicted molar refractivity (Wildman–Crippen MR) is 92.7 cm³/mol. The second-order valence-electron chi connectivity index (χ2n) is 5.34. The van der Waals surface area contributed by atoms with E-state index in [1.54, 1.807) is 0 Å². The zero-order valence-corrected chi connectivity index (χ0v) is 14.5. The van der Waals surface area contributed by atoms with Crippen molar-refractivity contribution in [2.24, 2.45) is 10.2 Å². The lowest BCUT2D eigenvalue weighted by molar-refractivity contribution is -0.136. The van der Waals surface area contributed by atoms with Gasteiger partial charge in [0.2, 0.25) is 0 Å². The van der Waals surface area contributed by atoms with Crippen LogP contribution in [-0.4, -0.2) is 42.3 Å². The van der Waals surface area contributed by atoms with Crippen LogP contribution in [0.25, 0.3) is 0 Å². The normalized spacial score (nSPS) is 10.6. The first-order valence-electron chi connectivity index (χ1n) is 7.61. The standard InChI is InChI=1S/C18H16N2O7/c1-26-17(24)11-5-12(18(25)27-2)8-14(7-11)20-19-13-3-4-15(21)10(6-13)9-16(22)23/h3-8,21H,9H2,1-2H3,(H,22,23). The van der Waals surface area contributed by atoms with E-state index in [0.717, 1.165) is 0 Å². The molecule has 0 fully saturated rings. The van der Waals surface area contributed by atoms with Crippen LogP contribution in [0.4, 0.5) is 11.4 Å². The average Bonchev–Trinajstić information content (AvgIpc) is 2.66. The van der Waals surface area contributed by atoms with Crippen molar-refractivity contribution in [2.45, 2.75) is 6.42 Å². The molecule has 0 saturated heterocycles. The van der Waals surface area contributed by atoms with Crippen molar-refractivity contribution in [3.8, 4) is 5.75 Å². The number of carbonyl (C=O) groups excluding carboxylic acids is 2. The number of esters is 2. The number of azo groups is 1. The third-order valence-electron chi connectivity index (χ3n) is 3.45. The van der Waals surface area contributed by atoms with E-state index >= 15 is 0 Å². The SMILES string of the molecule is COC(=O)c1cc(N=Nc2ccc(O)c(CC(=O)O)c2)cc(C(=O)OC)c1. The van der Waals surface area contributed by atoms with E-state index in [1.165, 1.54) is 50.6 Å². The lowest BCUT2D eigenvalue weighted by atomic mass is 10.1. The van der Waals surface area contributed by atoms with Gasteiger partial charge < -0.3 is 19.7 Å². The summed E-state index contributed by atoms with van der Waals surface area (Å²) in [4.78, 5) is 34.3. The maximum Gasteiger partial charge on any atom is 0.337 e. The summed E-state index contributed by atoms with van der Waals surface area (Å²) in [6.07, 6.45) is -0.375. The van der Waals surface area contributed by atoms with Crippen molar-refractivity contribution < 1.29 is 34.1 Å². The largest absolute Gasteiger partial charge is 0.508 e. The molecule has 0 aliphatic carbocycles. The van der Waals surface area contributed by atoms with Crippen molar-refractivity contribution in [3.63, 3.8) is 0 Å². The van der Waals surface area contributed by atoms with Crippen molar-refractivity contribution in [2.75, 3.05) is 14.2 Å². The zero-order valence-electron chi connectivity index (χ0n) is 14.5. The minimum atomic E-state index is -1.10. The Morgan fingerprint density at radius 3 is 1.96 bits per heavy atom. The molecule has 0 atom stereocenters. The number of phenolic OH excluding ortho intramolecular Hbond substituents is 1. The second-order valence-corrected chi connectivity index (χ2v) is 5.34. The maximum absolute atomic E-state index is 11.8. The van der Waals surface area contributed by atoms with E-state index in [2.05, 4.69) is 19.7 Å². The van der Waals surface area contributed by atoms with E-state index in [9.17, 15) is 19.5 Å². The average molecular weight is 372 g/mol. The quantitative estimate of drug-likeness (QED) is 0.588. The van der Waals surface area contributed by atoms with Crippen LogP contribution in [0.3, 0.4) is 0 Å². The molecule has 0 aliphatic heterocycles. The third-order valence-corrected chi connectivity index (χ3v) is 3.45. The molecule has 0 amide bonds. The van der Waals surface area contributed by atoms with Crippen LogP contribution >= 0.6 is 0 Å². The number of methoxy groups -OCH3 is 2. The van der Waals surface area contributed by atoms with Gasteiger partial charge in [0, 0.05) is 5.56 Å². The van der Waals surface area contributed by atoms with Crippen molar-refractivity contribution in [3.05, 3.63) is 53.1 Å². The molecule has 0 radical (unpaired) electrons. The van der Waals surface area contributed by atoms with Gasteiger partial charge in [0.1, 0.15) is 5.75 Å². The Balaban J connectivity index is 2.39.